The Morgan fingerprint density at radius 2 is 1.69 bits per heavy atom. The summed E-state index contributed by atoms with van der Waals surface area (Å²) >= 11 is 0. The second-order valence-corrected chi connectivity index (χ2v) is 10.0. The van der Waals surface area contributed by atoms with Crippen molar-refractivity contribution in [3.05, 3.63) is 23.8 Å². The monoisotopic (exact) mass is 421 g/mol. The van der Waals surface area contributed by atoms with Crippen molar-refractivity contribution in [2.75, 3.05) is 24.5 Å². The number of rotatable bonds is 7. The molecule has 2 fully saturated rings. The van der Waals surface area contributed by atoms with Crippen molar-refractivity contribution in [1.82, 2.24) is 10.0 Å². The molecule has 1 saturated heterocycles. The summed E-state index contributed by atoms with van der Waals surface area (Å²) < 4.78 is 28.6. The molecule has 162 valence electrons. The van der Waals surface area contributed by atoms with Crippen LogP contribution in [0, 0.1) is 0 Å². The molecule has 0 bridgehead atoms. The zero-order chi connectivity index (χ0) is 20.7. The highest BCUT2D eigenvalue weighted by Gasteiger charge is 2.25. The molecule has 1 aromatic carbocycles. The number of sulfonamides is 1. The summed E-state index contributed by atoms with van der Waals surface area (Å²) in [6, 6.07) is 5.31. The molecule has 1 aliphatic carbocycles. The van der Waals surface area contributed by atoms with E-state index in [9.17, 15) is 13.2 Å². The Bertz CT molecular complexity index is 780. The van der Waals surface area contributed by atoms with E-state index >= 15 is 0 Å². The van der Waals surface area contributed by atoms with Gasteiger partial charge in [-0.05, 0) is 50.3 Å². The molecule has 1 aliphatic heterocycles. The Morgan fingerprint density at radius 1 is 1.03 bits per heavy atom. The largest absolute Gasteiger partial charge is 0.370 e. The fraction of sp³-hybridized carbons (Fsp3) is 0.682. The van der Waals surface area contributed by atoms with Gasteiger partial charge in [-0.2, -0.15) is 0 Å². The molecule has 0 aromatic heterocycles. The maximum absolute atomic E-state index is 12.9. The Balaban J connectivity index is 1.83. The average molecular weight is 422 g/mol. The number of hydrogen-bond donors (Lipinski definition) is 2. The van der Waals surface area contributed by atoms with Crippen molar-refractivity contribution >= 4 is 21.6 Å². The van der Waals surface area contributed by atoms with E-state index in [-0.39, 0.29) is 16.8 Å². The molecule has 3 rings (SSSR count). The SMILES string of the molecule is CCCNS(=O)(=O)c1cc(C(=O)NC2CCCCCCC2)ccc1N1CCCC1. The van der Waals surface area contributed by atoms with Crippen molar-refractivity contribution in [1.29, 1.82) is 0 Å². The van der Waals surface area contributed by atoms with Crippen LogP contribution in [-0.2, 0) is 10.0 Å². The third-order valence-electron chi connectivity index (χ3n) is 5.94. The van der Waals surface area contributed by atoms with Crippen LogP contribution in [0.1, 0.15) is 81.5 Å². The minimum atomic E-state index is -3.66. The molecule has 1 amide bonds. The molecular formula is C22H35N3O3S. The number of hydrogen-bond acceptors (Lipinski definition) is 4. The molecule has 0 radical (unpaired) electrons. The molecule has 0 spiro atoms. The van der Waals surface area contributed by atoms with Crippen LogP contribution in [0.3, 0.4) is 0 Å². The van der Waals surface area contributed by atoms with Gasteiger partial charge in [-0.15, -0.1) is 0 Å². The van der Waals surface area contributed by atoms with Gasteiger partial charge < -0.3 is 10.2 Å². The zero-order valence-electron chi connectivity index (χ0n) is 17.6. The fourth-order valence-electron chi connectivity index (χ4n) is 4.27. The van der Waals surface area contributed by atoms with Crippen LogP contribution in [0.2, 0.25) is 0 Å². The van der Waals surface area contributed by atoms with E-state index in [0.29, 0.717) is 17.8 Å². The topological polar surface area (TPSA) is 78.5 Å². The summed E-state index contributed by atoms with van der Waals surface area (Å²) in [5.41, 5.74) is 1.13. The molecule has 29 heavy (non-hydrogen) atoms. The zero-order valence-corrected chi connectivity index (χ0v) is 18.4. The van der Waals surface area contributed by atoms with Crippen molar-refractivity contribution < 1.29 is 13.2 Å². The van der Waals surface area contributed by atoms with Gasteiger partial charge in [0.05, 0.1) is 5.69 Å². The summed E-state index contributed by atoms with van der Waals surface area (Å²) in [5, 5.41) is 3.15. The van der Waals surface area contributed by atoms with Crippen LogP contribution < -0.4 is 14.9 Å². The maximum atomic E-state index is 12.9. The number of carbonyl (C=O) groups excluding carboxylic acids is 1. The van der Waals surface area contributed by atoms with E-state index in [1.807, 2.05) is 6.92 Å². The Kier molecular flexibility index (Phi) is 7.95. The number of nitrogens with one attached hydrogen (secondary N) is 2. The van der Waals surface area contributed by atoms with Gasteiger partial charge in [0, 0.05) is 31.2 Å². The van der Waals surface area contributed by atoms with Gasteiger partial charge in [0.15, 0.2) is 0 Å². The smallest absolute Gasteiger partial charge is 0.251 e. The summed E-state index contributed by atoms with van der Waals surface area (Å²) in [6.45, 7) is 4.02. The average Bonchev–Trinajstić information content (AvgIpc) is 3.22. The van der Waals surface area contributed by atoms with Crippen LogP contribution >= 0.6 is 0 Å². The van der Waals surface area contributed by atoms with E-state index in [0.717, 1.165) is 58.0 Å². The van der Waals surface area contributed by atoms with Gasteiger partial charge in [-0.1, -0.05) is 39.0 Å². The highest BCUT2D eigenvalue weighted by Crippen LogP contribution is 2.29. The summed E-state index contributed by atoms with van der Waals surface area (Å²) in [4.78, 5) is 15.2. The predicted octanol–water partition coefficient (Wildman–Crippen LogP) is 3.82. The van der Waals surface area contributed by atoms with Crippen molar-refractivity contribution in [3.8, 4) is 0 Å². The van der Waals surface area contributed by atoms with Gasteiger partial charge in [0.2, 0.25) is 10.0 Å². The Morgan fingerprint density at radius 3 is 2.34 bits per heavy atom. The molecule has 2 aliphatic rings. The molecule has 2 N–H and O–H groups in total. The third-order valence-corrected chi connectivity index (χ3v) is 7.43. The first-order valence-electron chi connectivity index (χ1n) is 11.2. The van der Waals surface area contributed by atoms with Crippen LogP contribution in [0.5, 0.6) is 0 Å². The second kappa shape index (κ2) is 10.4. The lowest BCUT2D eigenvalue weighted by Crippen LogP contribution is -2.35. The summed E-state index contributed by atoms with van der Waals surface area (Å²) in [5.74, 6) is -0.171. The molecule has 1 saturated carbocycles. The third kappa shape index (κ3) is 5.95. The standard InChI is InChI=1S/C22H35N3O3S/c1-2-14-23-29(27,28)21-17-18(12-13-20(21)25-15-8-9-16-25)22(26)24-19-10-6-4-3-5-7-11-19/h12-13,17,19,23H,2-11,14-16H2,1H3,(H,24,26). The normalized spacial score (nSPS) is 19.0. The van der Waals surface area contributed by atoms with Crippen LogP contribution in [-0.4, -0.2) is 40.0 Å². The number of amides is 1. The number of nitrogens with zero attached hydrogens (tertiary/aromatic N) is 1. The van der Waals surface area contributed by atoms with Crippen molar-refractivity contribution in [2.45, 2.75) is 82.1 Å². The first-order valence-corrected chi connectivity index (χ1v) is 12.7. The quantitative estimate of drug-likeness (QED) is 0.702. The summed E-state index contributed by atoms with van der Waals surface area (Å²) in [6.07, 6.45) is 10.9. The Hall–Kier alpha value is -1.60. The number of anilines is 1. The molecular weight excluding hydrogens is 386 g/mol. The van der Waals surface area contributed by atoms with E-state index in [1.165, 1.54) is 19.3 Å². The molecule has 6 nitrogen and oxygen atoms in total. The Labute approximate surface area is 175 Å². The minimum Gasteiger partial charge on any atom is -0.370 e. The molecule has 0 unspecified atom stereocenters. The molecule has 0 atom stereocenters. The maximum Gasteiger partial charge on any atom is 0.251 e. The van der Waals surface area contributed by atoms with E-state index < -0.39 is 10.0 Å². The molecule has 1 aromatic rings. The number of benzene rings is 1. The lowest BCUT2D eigenvalue weighted by atomic mass is 9.96. The fourth-order valence-corrected chi connectivity index (χ4v) is 5.66. The van der Waals surface area contributed by atoms with Crippen LogP contribution in [0.25, 0.3) is 0 Å². The second-order valence-electron chi connectivity index (χ2n) is 8.29. The summed E-state index contributed by atoms with van der Waals surface area (Å²) in [7, 11) is -3.66. The molecule has 7 heteroatoms. The van der Waals surface area contributed by atoms with E-state index in [4.69, 9.17) is 0 Å². The van der Waals surface area contributed by atoms with Gasteiger partial charge >= 0.3 is 0 Å². The van der Waals surface area contributed by atoms with Crippen molar-refractivity contribution in [3.63, 3.8) is 0 Å². The number of carbonyl (C=O) groups is 1. The molecule has 1 heterocycles. The van der Waals surface area contributed by atoms with E-state index in [1.54, 1.807) is 18.2 Å². The first-order chi connectivity index (χ1) is 14.0. The van der Waals surface area contributed by atoms with Crippen LogP contribution in [0.4, 0.5) is 5.69 Å². The lowest BCUT2D eigenvalue weighted by Gasteiger charge is -2.23. The minimum absolute atomic E-state index is 0.171. The van der Waals surface area contributed by atoms with Gasteiger partial charge in [0.25, 0.3) is 5.91 Å². The first kappa shape index (κ1) is 22.1. The van der Waals surface area contributed by atoms with E-state index in [2.05, 4.69) is 14.9 Å². The van der Waals surface area contributed by atoms with Crippen LogP contribution in [0.15, 0.2) is 23.1 Å². The lowest BCUT2D eigenvalue weighted by molar-refractivity contribution is 0.0930. The van der Waals surface area contributed by atoms with Gasteiger partial charge in [-0.25, -0.2) is 13.1 Å². The van der Waals surface area contributed by atoms with Gasteiger partial charge in [0.1, 0.15) is 4.90 Å². The highest BCUT2D eigenvalue weighted by atomic mass is 32.2. The highest BCUT2D eigenvalue weighted by molar-refractivity contribution is 7.89. The predicted molar refractivity (Wildman–Crippen MR) is 117 cm³/mol. The van der Waals surface area contributed by atoms with Gasteiger partial charge in [-0.3, -0.25) is 4.79 Å². The van der Waals surface area contributed by atoms with Crippen molar-refractivity contribution in [2.24, 2.45) is 0 Å².